The molecule has 1 aromatic heterocycles. The molecule has 0 saturated carbocycles. The molecular formula is C14H18OS. The molecular weight excluding hydrogens is 216 g/mol. The van der Waals surface area contributed by atoms with Crippen LogP contribution in [0.15, 0.2) is 29.6 Å². The molecule has 86 valence electrons. The van der Waals surface area contributed by atoms with E-state index in [0.717, 1.165) is 25.7 Å². The first-order chi connectivity index (χ1) is 7.81. The van der Waals surface area contributed by atoms with Gasteiger partial charge in [-0.1, -0.05) is 31.5 Å². The van der Waals surface area contributed by atoms with Gasteiger partial charge in [-0.05, 0) is 41.7 Å². The molecule has 2 rings (SSSR count). The summed E-state index contributed by atoms with van der Waals surface area (Å²) >= 11 is 1.80. The Labute approximate surface area is 101 Å². The van der Waals surface area contributed by atoms with Crippen molar-refractivity contribution in [3.8, 4) is 0 Å². The lowest BCUT2D eigenvalue weighted by molar-refractivity contribution is 0.154. The van der Waals surface area contributed by atoms with Gasteiger partial charge in [-0.2, -0.15) is 0 Å². The standard InChI is InChI=1S/C14H18OS/c1-2-4-13(15)8-7-11-5-3-6-12-9-10-16-14(11)12/h3,5-6,9-10,13,15H,2,4,7-8H2,1H3. The van der Waals surface area contributed by atoms with Crippen LogP contribution in [0.4, 0.5) is 0 Å². The third kappa shape index (κ3) is 2.63. The summed E-state index contributed by atoms with van der Waals surface area (Å²) in [6, 6.07) is 8.60. The number of hydrogen-bond donors (Lipinski definition) is 1. The number of hydrogen-bond acceptors (Lipinski definition) is 2. The topological polar surface area (TPSA) is 20.2 Å². The Morgan fingerprint density at radius 3 is 2.94 bits per heavy atom. The van der Waals surface area contributed by atoms with Gasteiger partial charge < -0.3 is 5.11 Å². The molecule has 16 heavy (non-hydrogen) atoms. The summed E-state index contributed by atoms with van der Waals surface area (Å²) in [6.45, 7) is 2.11. The van der Waals surface area contributed by atoms with E-state index in [0.29, 0.717) is 0 Å². The third-order valence-corrected chi connectivity index (χ3v) is 3.94. The van der Waals surface area contributed by atoms with E-state index < -0.39 is 0 Å². The molecule has 1 aromatic carbocycles. The smallest absolute Gasteiger partial charge is 0.0543 e. The summed E-state index contributed by atoms with van der Waals surface area (Å²) in [4.78, 5) is 0. The fraction of sp³-hybridized carbons (Fsp3) is 0.429. The second-order valence-corrected chi connectivity index (χ2v) is 5.15. The lowest BCUT2D eigenvalue weighted by Gasteiger charge is -2.09. The Morgan fingerprint density at radius 2 is 2.12 bits per heavy atom. The highest BCUT2D eigenvalue weighted by atomic mass is 32.1. The molecule has 1 nitrogen and oxygen atoms in total. The number of aryl methyl sites for hydroxylation is 1. The van der Waals surface area contributed by atoms with Crippen LogP contribution >= 0.6 is 11.3 Å². The zero-order chi connectivity index (χ0) is 11.4. The van der Waals surface area contributed by atoms with Gasteiger partial charge in [-0.25, -0.2) is 0 Å². The zero-order valence-electron chi connectivity index (χ0n) is 9.65. The van der Waals surface area contributed by atoms with Gasteiger partial charge in [0, 0.05) is 4.70 Å². The average Bonchev–Trinajstić information content (AvgIpc) is 2.75. The van der Waals surface area contributed by atoms with Gasteiger partial charge in [0.2, 0.25) is 0 Å². The molecule has 1 atom stereocenters. The molecule has 0 aliphatic carbocycles. The van der Waals surface area contributed by atoms with Crippen LogP contribution in [0.3, 0.4) is 0 Å². The van der Waals surface area contributed by atoms with Crippen LogP contribution < -0.4 is 0 Å². The Balaban J connectivity index is 2.06. The zero-order valence-corrected chi connectivity index (χ0v) is 10.5. The number of thiophene rings is 1. The maximum absolute atomic E-state index is 9.74. The van der Waals surface area contributed by atoms with Gasteiger partial charge in [-0.3, -0.25) is 0 Å². The van der Waals surface area contributed by atoms with E-state index in [1.54, 1.807) is 11.3 Å². The van der Waals surface area contributed by atoms with Crippen LogP contribution in [0.25, 0.3) is 10.1 Å². The van der Waals surface area contributed by atoms with Crippen LogP contribution in [0.2, 0.25) is 0 Å². The van der Waals surface area contributed by atoms with E-state index in [-0.39, 0.29) is 6.10 Å². The number of aliphatic hydroxyl groups is 1. The molecule has 0 aliphatic rings. The first-order valence-corrected chi connectivity index (χ1v) is 6.82. The summed E-state index contributed by atoms with van der Waals surface area (Å²) in [5, 5.41) is 13.2. The number of rotatable bonds is 5. The van der Waals surface area contributed by atoms with Gasteiger partial charge in [0.05, 0.1) is 6.10 Å². The van der Waals surface area contributed by atoms with Crippen LogP contribution in [0.5, 0.6) is 0 Å². The lowest BCUT2D eigenvalue weighted by atomic mass is 10.0. The molecule has 1 heterocycles. The predicted octanol–water partition coefficient (Wildman–Crippen LogP) is 3.99. The Kier molecular flexibility index (Phi) is 3.97. The Morgan fingerprint density at radius 1 is 1.25 bits per heavy atom. The lowest BCUT2D eigenvalue weighted by Crippen LogP contribution is -2.07. The normalized spacial score (nSPS) is 13.1. The van der Waals surface area contributed by atoms with Crippen molar-refractivity contribution >= 4 is 21.4 Å². The van der Waals surface area contributed by atoms with Crippen LogP contribution in [-0.4, -0.2) is 11.2 Å². The maximum atomic E-state index is 9.74. The van der Waals surface area contributed by atoms with Gasteiger partial charge in [0.1, 0.15) is 0 Å². The first kappa shape index (κ1) is 11.6. The summed E-state index contributed by atoms with van der Waals surface area (Å²) in [6.07, 6.45) is 3.70. The third-order valence-electron chi connectivity index (χ3n) is 2.93. The van der Waals surface area contributed by atoms with Crippen LogP contribution in [0.1, 0.15) is 31.7 Å². The van der Waals surface area contributed by atoms with Crippen molar-refractivity contribution in [1.82, 2.24) is 0 Å². The monoisotopic (exact) mass is 234 g/mol. The van der Waals surface area contributed by atoms with Gasteiger partial charge >= 0.3 is 0 Å². The molecule has 0 spiro atoms. The minimum atomic E-state index is -0.139. The van der Waals surface area contributed by atoms with Gasteiger partial charge in [0.25, 0.3) is 0 Å². The minimum Gasteiger partial charge on any atom is -0.393 e. The first-order valence-electron chi connectivity index (χ1n) is 5.94. The number of aliphatic hydroxyl groups excluding tert-OH is 1. The second-order valence-electron chi connectivity index (χ2n) is 4.24. The van der Waals surface area contributed by atoms with Crippen molar-refractivity contribution in [2.24, 2.45) is 0 Å². The van der Waals surface area contributed by atoms with Crippen LogP contribution in [0, 0.1) is 0 Å². The van der Waals surface area contributed by atoms with Gasteiger partial charge in [0.15, 0.2) is 0 Å². The fourth-order valence-electron chi connectivity index (χ4n) is 2.05. The van der Waals surface area contributed by atoms with Crippen LogP contribution in [-0.2, 0) is 6.42 Å². The molecule has 1 N–H and O–H groups in total. The summed E-state index contributed by atoms with van der Waals surface area (Å²) in [7, 11) is 0. The number of benzene rings is 1. The van der Waals surface area contributed by atoms with Crippen molar-refractivity contribution in [3.63, 3.8) is 0 Å². The van der Waals surface area contributed by atoms with E-state index in [1.807, 2.05) is 0 Å². The van der Waals surface area contributed by atoms with Crippen molar-refractivity contribution in [3.05, 3.63) is 35.2 Å². The summed E-state index contributed by atoms with van der Waals surface area (Å²) < 4.78 is 1.38. The Bertz CT molecular complexity index is 447. The average molecular weight is 234 g/mol. The predicted molar refractivity (Wildman–Crippen MR) is 71.1 cm³/mol. The molecule has 2 heteroatoms. The molecule has 0 fully saturated rings. The van der Waals surface area contributed by atoms with Crippen molar-refractivity contribution in [2.45, 2.75) is 38.7 Å². The van der Waals surface area contributed by atoms with E-state index in [2.05, 4.69) is 36.6 Å². The SMILES string of the molecule is CCCC(O)CCc1cccc2ccsc12. The van der Waals surface area contributed by atoms with Gasteiger partial charge in [-0.15, -0.1) is 11.3 Å². The van der Waals surface area contributed by atoms with Crippen molar-refractivity contribution in [1.29, 1.82) is 0 Å². The Hall–Kier alpha value is -0.860. The van der Waals surface area contributed by atoms with Crippen molar-refractivity contribution in [2.75, 3.05) is 0 Å². The van der Waals surface area contributed by atoms with E-state index in [9.17, 15) is 5.11 Å². The highest BCUT2D eigenvalue weighted by Crippen LogP contribution is 2.26. The largest absolute Gasteiger partial charge is 0.393 e. The fourth-order valence-corrected chi connectivity index (χ4v) is 3.00. The highest BCUT2D eigenvalue weighted by Gasteiger charge is 2.06. The molecule has 0 aliphatic heterocycles. The molecule has 1 unspecified atom stereocenters. The van der Waals surface area contributed by atoms with E-state index >= 15 is 0 Å². The number of fused-ring (bicyclic) bond motifs is 1. The maximum Gasteiger partial charge on any atom is 0.0543 e. The molecule has 0 amide bonds. The second kappa shape index (κ2) is 5.46. The molecule has 0 saturated heterocycles. The summed E-state index contributed by atoms with van der Waals surface area (Å²) in [5.74, 6) is 0. The molecule has 2 aromatic rings. The minimum absolute atomic E-state index is 0.139. The quantitative estimate of drug-likeness (QED) is 0.829. The van der Waals surface area contributed by atoms with E-state index in [1.165, 1.54) is 15.6 Å². The molecule has 0 bridgehead atoms. The van der Waals surface area contributed by atoms with E-state index in [4.69, 9.17) is 0 Å². The van der Waals surface area contributed by atoms with Crippen molar-refractivity contribution < 1.29 is 5.11 Å². The summed E-state index contributed by atoms with van der Waals surface area (Å²) in [5.41, 5.74) is 1.38. The molecule has 0 radical (unpaired) electrons. The highest BCUT2D eigenvalue weighted by molar-refractivity contribution is 7.17.